The molecule has 2 nitrogen and oxygen atoms in total. The van der Waals surface area contributed by atoms with Gasteiger partial charge in [0.15, 0.2) is 0 Å². The molecule has 3 unspecified atom stereocenters. The van der Waals surface area contributed by atoms with Crippen LogP contribution in [0.25, 0.3) is 0 Å². The summed E-state index contributed by atoms with van der Waals surface area (Å²) in [4.78, 5) is 5.70. The van der Waals surface area contributed by atoms with Gasteiger partial charge in [0.1, 0.15) is 0 Å². The molecule has 2 rings (SSSR count). The van der Waals surface area contributed by atoms with Crippen LogP contribution < -0.4 is 5.32 Å². The molecule has 0 spiro atoms. The van der Waals surface area contributed by atoms with E-state index in [9.17, 15) is 0 Å². The summed E-state index contributed by atoms with van der Waals surface area (Å²) in [6.07, 6.45) is 7.48. The maximum Gasteiger partial charge on any atom is 0.0897 e. The topological polar surface area (TPSA) is 24.9 Å². The number of hydrogen-bond acceptors (Lipinski definition) is 3. The van der Waals surface area contributed by atoms with Crippen LogP contribution in [0.15, 0.2) is 6.20 Å². The normalized spacial score (nSPS) is 27.9. The Bertz CT molecular complexity index is 334. The summed E-state index contributed by atoms with van der Waals surface area (Å²) in [6.45, 7) is 6.70. The molecule has 0 aliphatic heterocycles. The first-order valence-electron chi connectivity index (χ1n) is 6.33. The van der Waals surface area contributed by atoms with E-state index in [-0.39, 0.29) is 0 Å². The van der Waals surface area contributed by atoms with Gasteiger partial charge in [-0.1, -0.05) is 19.8 Å². The second-order valence-corrected chi connectivity index (χ2v) is 6.41. The number of aryl methyl sites for hydroxylation is 1. The average Bonchev–Trinajstić information content (AvgIpc) is 2.65. The van der Waals surface area contributed by atoms with Crippen molar-refractivity contribution >= 4 is 11.3 Å². The standard InChI is InChI=1S/C13H22N2S/c1-9-5-4-6-12(7-9)15-10(2)13-8-14-11(3)16-13/h8-10,12,15H,4-7H2,1-3H3. The maximum absolute atomic E-state index is 4.32. The van der Waals surface area contributed by atoms with Gasteiger partial charge in [-0.05, 0) is 32.6 Å². The quantitative estimate of drug-likeness (QED) is 0.869. The molecule has 0 amide bonds. The zero-order valence-electron chi connectivity index (χ0n) is 10.5. The molecule has 0 bridgehead atoms. The van der Waals surface area contributed by atoms with E-state index in [1.165, 1.54) is 35.6 Å². The van der Waals surface area contributed by atoms with E-state index in [0.29, 0.717) is 12.1 Å². The fourth-order valence-electron chi connectivity index (χ4n) is 2.60. The zero-order valence-corrected chi connectivity index (χ0v) is 11.3. The maximum atomic E-state index is 4.32. The third-order valence-corrected chi connectivity index (χ3v) is 4.58. The molecule has 90 valence electrons. The molecule has 1 fully saturated rings. The minimum absolute atomic E-state index is 0.460. The summed E-state index contributed by atoms with van der Waals surface area (Å²) >= 11 is 1.81. The van der Waals surface area contributed by atoms with Gasteiger partial charge in [0.2, 0.25) is 0 Å². The van der Waals surface area contributed by atoms with Crippen molar-refractivity contribution in [2.45, 2.75) is 58.5 Å². The van der Waals surface area contributed by atoms with Crippen molar-refractivity contribution in [1.29, 1.82) is 0 Å². The van der Waals surface area contributed by atoms with E-state index < -0.39 is 0 Å². The third kappa shape index (κ3) is 3.05. The highest BCUT2D eigenvalue weighted by atomic mass is 32.1. The van der Waals surface area contributed by atoms with Crippen LogP contribution in [-0.4, -0.2) is 11.0 Å². The Hall–Kier alpha value is -0.410. The van der Waals surface area contributed by atoms with E-state index in [1.807, 2.05) is 17.5 Å². The molecule has 1 aromatic heterocycles. The van der Waals surface area contributed by atoms with E-state index in [0.717, 1.165) is 5.92 Å². The second-order valence-electron chi connectivity index (χ2n) is 5.14. The Balaban J connectivity index is 1.89. The van der Waals surface area contributed by atoms with Gasteiger partial charge >= 0.3 is 0 Å². The van der Waals surface area contributed by atoms with Gasteiger partial charge in [0, 0.05) is 23.2 Å². The highest BCUT2D eigenvalue weighted by Crippen LogP contribution is 2.27. The van der Waals surface area contributed by atoms with Crippen molar-refractivity contribution in [3.8, 4) is 0 Å². The van der Waals surface area contributed by atoms with Crippen molar-refractivity contribution in [3.05, 3.63) is 16.1 Å². The molecule has 0 radical (unpaired) electrons. The van der Waals surface area contributed by atoms with Gasteiger partial charge in [-0.15, -0.1) is 11.3 Å². The van der Waals surface area contributed by atoms with Crippen LogP contribution in [-0.2, 0) is 0 Å². The van der Waals surface area contributed by atoms with Crippen molar-refractivity contribution < 1.29 is 0 Å². The van der Waals surface area contributed by atoms with E-state index >= 15 is 0 Å². The Labute approximate surface area is 102 Å². The lowest BCUT2D eigenvalue weighted by molar-refractivity contribution is 0.286. The summed E-state index contributed by atoms with van der Waals surface area (Å²) in [5, 5.41) is 4.92. The smallest absolute Gasteiger partial charge is 0.0897 e. The first kappa shape index (κ1) is 12.1. The zero-order chi connectivity index (χ0) is 11.5. The molecule has 0 saturated heterocycles. The summed E-state index contributed by atoms with van der Waals surface area (Å²) in [5.74, 6) is 0.890. The highest BCUT2D eigenvalue weighted by Gasteiger charge is 2.21. The van der Waals surface area contributed by atoms with Gasteiger partial charge in [-0.2, -0.15) is 0 Å². The fourth-order valence-corrected chi connectivity index (χ4v) is 3.40. The van der Waals surface area contributed by atoms with Crippen LogP contribution in [0.2, 0.25) is 0 Å². The minimum atomic E-state index is 0.460. The number of nitrogens with zero attached hydrogens (tertiary/aromatic N) is 1. The Morgan fingerprint density at radius 1 is 1.50 bits per heavy atom. The second kappa shape index (κ2) is 5.28. The van der Waals surface area contributed by atoms with Crippen LogP contribution in [0.3, 0.4) is 0 Å². The molecule has 1 heterocycles. The fraction of sp³-hybridized carbons (Fsp3) is 0.769. The minimum Gasteiger partial charge on any atom is -0.307 e. The van der Waals surface area contributed by atoms with Gasteiger partial charge in [-0.3, -0.25) is 0 Å². The molecule has 3 atom stereocenters. The Morgan fingerprint density at radius 3 is 2.94 bits per heavy atom. The number of aromatic nitrogens is 1. The summed E-state index contributed by atoms with van der Waals surface area (Å²) in [6, 6.07) is 1.17. The molecule has 1 aliphatic carbocycles. The van der Waals surface area contributed by atoms with Gasteiger partial charge in [0.25, 0.3) is 0 Å². The predicted molar refractivity (Wildman–Crippen MR) is 69.8 cm³/mol. The van der Waals surface area contributed by atoms with Crippen LogP contribution in [0.1, 0.15) is 55.5 Å². The number of nitrogens with one attached hydrogen (secondary N) is 1. The summed E-state index contributed by atoms with van der Waals surface area (Å²) in [7, 11) is 0. The van der Waals surface area contributed by atoms with Crippen LogP contribution in [0.5, 0.6) is 0 Å². The number of hydrogen-bond donors (Lipinski definition) is 1. The summed E-state index contributed by atoms with van der Waals surface area (Å²) < 4.78 is 0. The molecular formula is C13H22N2S. The van der Waals surface area contributed by atoms with Gasteiger partial charge in [-0.25, -0.2) is 4.98 Å². The Kier molecular flexibility index (Phi) is 3.98. The largest absolute Gasteiger partial charge is 0.307 e. The average molecular weight is 238 g/mol. The lowest BCUT2D eigenvalue weighted by Gasteiger charge is -2.29. The molecule has 16 heavy (non-hydrogen) atoms. The van der Waals surface area contributed by atoms with E-state index in [1.54, 1.807) is 0 Å². The molecular weight excluding hydrogens is 216 g/mol. The van der Waals surface area contributed by atoms with Gasteiger partial charge < -0.3 is 5.32 Å². The highest BCUT2D eigenvalue weighted by molar-refractivity contribution is 7.11. The predicted octanol–water partition coefficient (Wildman–Crippen LogP) is 3.68. The first-order chi connectivity index (χ1) is 7.65. The monoisotopic (exact) mass is 238 g/mol. The molecule has 3 heteroatoms. The van der Waals surface area contributed by atoms with Crippen LogP contribution in [0.4, 0.5) is 0 Å². The number of thiazole rings is 1. The molecule has 1 N–H and O–H groups in total. The van der Waals surface area contributed by atoms with E-state index in [4.69, 9.17) is 0 Å². The SMILES string of the molecule is Cc1ncc(C(C)NC2CCCC(C)C2)s1. The number of rotatable bonds is 3. The van der Waals surface area contributed by atoms with E-state index in [2.05, 4.69) is 31.1 Å². The van der Waals surface area contributed by atoms with Crippen LogP contribution >= 0.6 is 11.3 Å². The first-order valence-corrected chi connectivity index (χ1v) is 7.15. The molecule has 1 saturated carbocycles. The lowest BCUT2D eigenvalue weighted by atomic mass is 9.87. The molecule has 1 aromatic rings. The molecule has 0 aromatic carbocycles. The van der Waals surface area contributed by atoms with Crippen molar-refractivity contribution in [2.24, 2.45) is 5.92 Å². The van der Waals surface area contributed by atoms with Crippen molar-refractivity contribution in [2.75, 3.05) is 0 Å². The third-order valence-electron chi connectivity index (χ3n) is 3.49. The van der Waals surface area contributed by atoms with Gasteiger partial charge in [0.05, 0.1) is 5.01 Å². The summed E-state index contributed by atoms with van der Waals surface area (Å²) in [5.41, 5.74) is 0. The van der Waals surface area contributed by atoms with Crippen molar-refractivity contribution in [3.63, 3.8) is 0 Å². The molecule has 1 aliphatic rings. The lowest BCUT2D eigenvalue weighted by Crippen LogP contribution is -2.35. The van der Waals surface area contributed by atoms with Crippen LogP contribution in [0, 0.1) is 12.8 Å². The van der Waals surface area contributed by atoms with Crippen molar-refractivity contribution in [1.82, 2.24) is 10.3 Å². The Morgan fingerprint density at radius 2 is 2.31 bits per heavy atom.